The maximum Gasteiger partial charge on any atom is 0.165 e. The lowest BCUT2D eigenvalue weighted by Crippen LogP contribution is -2.14. The minimum atomic E-state index is 0.323. The second-order valence-corrected chi connectivity index (χ2v) is 7.52. The van der Waals surface area contributed by atoms with Gasteiger partial charge in [-0.2, -0.15) is 0 Å². The van der Waals surface area contributed by atoms with E-state index in [9.17, 15) is 0 Å². The van der Waals surface area contributed by atoms with Gasteiger partial charge in [-0.3, -0.25) is 4.99 Å². The summed E-state index contributed by atoms with van der Waals surface area (Å²) in [4.78, 5) is 8.59. The van der Waals surface area contributed by atoms with Crippen LogP contribution < -0.4 is 33.8 Å². The van der Waals surface area contributed by atoms with Gasteiger partial charge in [0.05, 0.1) is 12.2 Å². The lowest BCUT2D eigenvalue weighted by Gasteiger charge is -2.12. The zero-order valence-electron chi connectivity index (χ0n) is 16.2. The Kier molecular flexibility index (Phi) is 6.92. The first-order valence-corrected chi connectivity index (χ1v) is 9.80. The summed E-state index contributed by atoms with van der Waals surface area (Å²) in [6.45, 7) is 2.53. The molecule has 2 heterocycles. The van der Waals surface area contributed by atoms with Crippen LogP contribution in [0.25, 0.3) is 0 Å². The van der Waals surface area contributed by atoms with Crippen molar-refractivity contribution < 1.29 is 0 Å². The van der Waals surface area contributed by atoms with E-state index in [0.29, 0.717) is 36.2 Å². The number of rotatable bonds is 7. The molecule has 0 bridgehead atoms. The topological polar surface area (TPSA) is 153 Å². The van der Waals surface area contributed by atoms with Crippen LogP contribution >= 0.6 is 11.6 Å². The highest BCUT2D eigenvalue weighted by molar-refractivity contribution is 6.30. The fraction of sp³-hybridized carbons (Fsp3) is 0.300. The van der Waals surface area contributed by atoms with Crippen LogP contribution in [0.15, 0.2) is 41.0 Å². The van der Waals surface area contributed by atoms with Crippen molar-refractivity contribution in [2.24, 2.45) is 16.6 Å². The molecule has 1 aromatic heterocycles. The van der Waals surface area contributed by atoms with E-state index in [1.165, 1.54) is 11.8 Å². The van der Waals surface area contributed by atoms with E-state index in [4.69, 9.17) is 34.6 Å². The molecule has 1 saturated heterocycles. The molecule has 0 aliphatic carbocycles. The van der Waals surface area contributed by atoms with Gasteiger partial charge in [0.1, 0.15) is 5.82 Å². The largest absolute Gasteiger partial charge is 0.404 e. The fourth-order valence-corrected chi connectivity index (χ4v) is 3.73. The molecule has 0 saturated carbocycles. The molecule has 1 aliphatic heterocycles. The molecule has 1 aliphatic rings. The molecule has 1 aromatic carbocycles. The molecule has 9 heteroatoms. The maximum absolute atomic E-state index is 6.31. The van der Waals surface area contributed by atoms with Crippen LogP contribution in [0.2, 0.25) is 5.02 Å². The van der Waals surface area contributed by atoms with Gasteiger partial charge in [0.15, 0.2) is 5.82 Å². The minimum absolute atomic E-state index is 0.323. The minimum Gasteiger partial charge on any atom is -0.404 e. The van der Waals surface area contributed by atoms with Crippen molar-refractivity contribution in [3.63, 3.8) is 0 Å². The number of aliphatic imine (C=N–C) groups is 1. The Hall–Kier alpha value is -2.81. The lowest BCUT2D eigenvalue weighted by atomic mass is 9.96. The summed E-state index contributed by atoms with van der Waals surface area (Å²) in [7, 11) is 0. The number of hydrogen-bond acceptors (Lipinski definition) is 8. The molecule has 1 fully saturated rings. The summed E-state index contributed by atoms with van der Waals surface area (Å²) >= 11 is 6.31. The molecule has 8 nitrogen and oxygen atoms in total. The van der Waals surface area contributed by atoms with E-state index >= 15 is 0 Å². The fourth-order valence-electron chi connectivity index (χ4n) is 3.46. The van der Waals surface area contributed by atoms with Gasteiger partial charge in [0.25, 0.3) is 0 Å². The van der Waals surface area contributed by atoms with Crippen LogP contribution in [0.3, 0.4) is 0 Å². The molecule has 0 spiro atoms. The number of allylic oxidation sites excluding steroid dienone is 1. The molecule has 1 atom stereocenters. The van der Waals surface area contributed by atoms with E-state index < -0.39 is 0 Å². The molecule has 29 heavy (non-hydrogen) atoms. The Morgan fingerprint density at radius 3 is 2.83 bits per heavy atom. The zero-order valence-corrected chi connectivity index (χ0v) is 16.9. The molecule has 10 N–H and O–H groups in total. The molecular weight excluding hydrogens is 388 g/mol. The van der Waals surface area contributed by atoms with Crippen molar-refractivity contribution >= 4 is 35.1 Å². The summed E-state index contributed by atoms with van der Waals surface area (Å²) in [5, 5.41) is 4.12. The lowest BCUT2D eigenvalue weighted by molar-refractivity contribution is 0.761. The molecular formula is C20H27ClN8. The van der Waals surface area contributed by atoms with Gasteiger partial charge >= 0.3 is 0 Å². The quantitative estimate of drug-likeness (QED) is 0.230. The molecule has 2 aromatic rings. The Bertz CT molecular complexity index is 919. The van der Waals surface area contributed by atoms with E-state index in [1.807, 2.05) is 12.1 Å². The molecule has 1 unspecified atom stereocenters. The van der Waals surface area contributed by atoms with Gasteiger partial charge in [0.2, 0.25) is 0 Å². The van der Waals surface area contributed by atoms with Crippen molar-refractivity contribution in [2.45, 2.75) is 25.3 Å². The Morgan fingerprint density at radius 2 is 2.14 bits per heavy atom. The smallest absolute Gasteiger partial charge is 0.165 e. The van der Waals surface area contributed by atoms with E-state index in [0.717, 1.165) is 41.2 Å². The van der Waals surface area contributed by atoms with Gasteiger partial charge in [-0.05, 0) is 65.5 Å². The normalized spacial score (nSPS) is 17.2. The number of nitrogen functional groups attached to an aromatic ring is 3. The van der Waals surface area contributed by atoms with Gasteiger partial charge in [-0.25, -0.2) is 10.8 Å². The molecule has 0 radical (unpaired) electrons. The average Bonchev–Trinajstić information content (AvgIpc) is 3.24. The summed E-state index contributed by atoms with van der Waals surface area (Å²) in [6, 6.07) is 7.86. The van der Waals surface area contributed by atoms with Gasteiger partial charge in [-0.15, -0.1) is 0 Å². The van der Waals surface area contributed by atoms with Gasteiger partial charge < -0.3 is 27.9 Å². The van der Waals surface area contributed by atoms with Crippen LogP contribution in [-0.4, -0.2) is 24.3 Å². The van der Waals surface area contributed by atoms with Crippen molar-refractivity contribution in [1.82, 2.24) is 10.3 Å². The standard InChI is InChI=1S/C20H27ClN8/c21-17-5-12(3-15(6-17)14-1-2-26-11-14)9-27-10-13(8-22)4-16-7-18(23)28-20(29-25)19(16)24/h3,5-8,10,14,26H,1-2,4,9,11,22,24-25H2,(H3,23,28,29). The number of aromatic nitrogens is 1. The number of nitrogens with one attached hydrogen (secondary N) is 2. The summed E-state index contributed by atoms with van der Waals surface area (Å²) in [6.07, 6.45) is 4.83. The predicted octanol–water partition coefficient (Wildman–Crippen LogP) is 1.92. The van der Waals surface area contributed by atoms with Crippen molar-refractivity contribution in [3.8, 4) is 0 Å². The monoisotopic (exact) mass is 414 g/mol. The zero-order chi connectivity index (χ0) is 20.8. The average molecular weight is 415 g/mol. The second-order valence-electron chi connectivity index (χ2n) is 7.08. The Balaban J connectivity index is 1.70. The second kappa shape index (κ2) is 9.60. The van der Waals surface area contributed by atoms with Gasteiger partial charge in [-0.1, -0.05) is 17.7 Å². The number of hydrazine groups is 1. The molecule has 0 amide bonds. The van der Waals surface area contributed by atoms with Crippen molar-refractivity contribution in [2.75, 3.05) is 30.0 Å². The highest BCUT2D eigenvalue weighted by Gasteiger charge is 2.17. The summed E-state index contributed by atoms with van der Waals surface area (Å²) in [5.41, 5.74) is 24.4. The first kappa shape index (κ1) is 20.9. The van der Waals surface area contributed by atoms with E-state index in [-0.39, 0.29) is 0 Å². The molecule has 154 valence electrons. The molecule has 3 rings (SSSR count). The number of pyridine rings is 1. The SMILES string of the molecule is NC=C(C=NCc1cc(Cl)cc(C2CCNC2)c1)Cc1cc(N)nc(NN)c1N. The third kappa shape index (κ3) is 5.38. The Labute approximate surface area is 175 Å². The number of hydrogen-bond donors (Lipinski definition) is 6. The highest BCUT2D eigenvalue weighted by Crippen LogP contribution is 2.27. The first-order valence-electron chi connectivity index (χ1n) is 9.42. The third-order valence-electron chi connectivity index (χ3n) is 4.95. The number of nitrogens with two attached hydrogens (primary N) is 4. The van der Waals surface area contributed by atoms with Crippen LogP contribution in [-0.2, 0) is 13.0 Å². The number of anilines is 3. The number of halogens is 1. The highest BCUT2D eigenvalue weighted by atomic mass is 35.5. The predicted molar refractivity (Wildman–Crippen MR) is 121 cm³/mol. The number of benzene rings is 1. The van der Waals surface area contributed by atoms with Crippen LogP contribution in [0.4, 0.5) is 17.3 Å². The maximum atomic E-state index is 6.31. The third-order valence-corrected chi connectivity index (χ3v) is 5.17. The summed E-state index contributed by atoms with van der Waals surface area (Å²) < 4.78 is 0. The van der Waals surface area contributed by atoms with E-state index in [1.54, 1.807) is 12.3 Å². The van der Waals surface area contributed by atoms with Crippen molar-refractivity contribution in [3.05, 3.63) is 57.8 Å². The van der Waals surface area contributed by atoms with E-state index in [2.05, 4.69) is 26.8 Å². The van der Waals surface area contributed by atoms with Crippen LogP contribution in [0, 0.1) is 0 Å². The van der Waals surface area contributed by atoms with Crippen LogP contribution in [0.5, 0.6) is 0 Å². The number of nitrogens with zero attached hydrogens (tertiary/aromatic N) is 2. The van der Waals surface area contributed by atoms with Gasteiger partial charge in [0, 0.05) is 24.2 Å². The Morgan fingerprint density at radius 1 is 1.31 bits per heavy atom. The first-order chi connectivity index (χ1) is 14.0. The van der Waals surface area contributed by atoms with Crippen molar-refractivity contribution in [1.29, 1.82) is 0 Å². The van der Waals surface area contributed by atoms with Crippen LogP contribution in [0.1, 0.15) is 29.0 Å². The summed E-state index contributed by atoms with van der Waals surface area (Å²) in [5.74, 6) is 6.60.